The highest BCUT2D eigenvalue weighted by Crippen LogP contribution is 2.36. The maximum absolute atomic E-state index is 12.8. The fraction of sp³-hybridized carbons (Fsp3) is 0.400. The molecule has 0 bridgehead atoms. The van der Waals surface area contributed by atoms with E-state index in [1.54, 1.807) is 25.1 Å². The van der Waals surface area contributed by atoms with Crippen molar-refractivity contribution in [3.8, 4) is 17.1 Å². The van der Waals surface area contributed by atoms with Gasteiger partial charge in [0.1, 0.15) is 5.75 Å². The van der Waals surface area contributed by atoms with E-state index in [1.807, 2.05) is 23.1 Å². The minimum Gasteiger partial charge on any atom is -0.481 e. The van der Waals surface area contributed by atoms with E-state index in [9.17, 15) is 4.79 Å². The Balaban J connectivity index is 1.15. The summed E-state index contributed by atoms with van der Waals surface area (Å²) in [5.74, 6) is 2.43. The van der Waals surface area contributed by atoms with Crippen molar-refractivity contribution < 1.29 is 14.1 Å². The highest BCUT2D eigenvalue weighted by molar-refractivity contribution is 6.30. The van der Waals surface area contributed by atoms with Gasteiger partial charge in [-0.3, -0.25) is 4.79 Å². The van der Waals surface area contributed by atoms with Gasteiger partial charge in [0.05, 0.1) is 0 Å². The molecule has 1 saturated carbocycles. The molecule has 1 aromatic heterocycles. The smallest absolute Gasteiger partial charge is 0.263 e. The number of carbonyl (C=O) groups excluding carboxylic acids is 1. The van der Waals surface area contributed by atoms with Gasteiger partial charge in [0.2, 0.25) is 11.7 Å². The Hall–Kier alpha value is -3.06. The second-order valence-corrected chi connectivity index (χ2v) is 9.10. The first-order valence-electron chi connectivity index (χ1n) is 11.5. The molecule has 0 N–H and O–H groups in total. The summed E-state index contributed by atoms with van der Waals surface area (Å²) in [5.41, 5.74) is 2.07. The number of nitrogens with zero attached hydrogens (tertiary/aromatic N) is 4. The normalized spacial score (nSPS) is 17.5. The number of hydrogen-bond donors (Lipinski definition) is 0. The first-order chi connectivity index (χ1) is 16.1. The highest BCUT2D eigenvalue weighted by Gasteiger charge is 2.27. The molecule has 1 saturated heterocycles. The van der Waals surface area contributed by atoms with Gasteiger partial charge in [0, 0.05) is 48.4 Å². The molecule has 1 aliphatic carbocycles. The Labute approximate surface area is 198 Å². The Bertz CT molecular complexity index is 1100. The number of ether oxygens (including phenoxy) is 1. The molecule has 8 heteroatoms. The molecule has 2 fully saturated rings. The molecule has 0 spiro atoms. The van der Waals surface area contributed by atoms with Crippen LogP contribution in [0.1, 0.15) is 38.0 Å². The summed E-state index contributed by atoms with van der Waals surface area (Å²) in [6.07, 6.45) is 2.96. The van der Waals surface area contributed by atoms with E-state index in [1.165, 1.54) is 6.42 Å². The average Bonchev–Trinajstić information content (AvgIpc) is 3.27. The van der Waals surface area contributed by atoms with E-state index in [0.29, 0.717) is 35.6 Å². The lowest BCUT2D eigenvalue weighted by atomic mass is 9.85. The summed E-state index contributed by atoms with van der Waals surface area (Å²) in [6.45, 7) is 4.62. The first-order valence-corrected chi connectivity index (χ1v) is 11.8. The van der Waals surface area contributed by atoms with E-state index in [-0.39, 0.29) is 5.91 Å². The average molecular weight is 467 g/mol. The van der Waals surface area contributed by atoms with Crippen molar-refractivity contribution in [3.05, 3.63) is 59.4 Å². The molecule has 7 nitrogen and oxygen atoms in total. The Kier molecular flexibility index (Phi) is 6.22. The molecule has 2 aromatic carbocycles. The van der Waals surface area contributed by atoms with E-state index in [0.717, 1.165) is 43.1 Å². The largest absolute Gasteiger partial charge is 0.481 e. The lowest BCUT2D eigenvalue weighted by Gasteiger charge is -2.37. The van der Waals surface area contributed by atoms with Crippen LogP contribution in [0.4, 0.5) is 5.69 Å². The van der Waals surface area contributed by atoms with E-state index in [2.05, 4.69) is 27.2 Å². The highest BCUT2D eigenvalue weighted by atomic mass is 35.5. The van der Waals surface area contributed by atoms with Crippen LogP contribution in [-0.4, -0.2) is 53.2 Å². The van der Waals surface area contributed by atoms with Gasteiger partial charge in [-0.05, 0) is 62.2 Å². The van der Waals surface area contributed by atoms with Gasteiger partial charge in [-0.25, -0.2) is 0 Å². The van der Waals surface area contributed by atoms with Crippen molar-refractivity contribution >= 4 is 23.2 Å². The number of anilines is 1. The Morgan fingerprint density at radius 3 is 2.55 bits per heavy atom. The van der Waals surface area contributed by atoms with E-state index in [4.69, 9.17) is 20.9 Å². The predicted molar refractivity (Wildman–Crippen MR) is 127 cm³/mol. The lowest BCUT2D eigenvalue weighted by Crippen LogP contribution is -2.52. The number of hydrogen-bond acceptors (Lipinski definition) is 6. The predicted octanol–water partition coefficient (Wildman–Crippen LogP) is 4.77. The Morgan fingerprint density at radius 2 is 1.88 bits per heavy atom. The second-order valence-electron chi connectivity index (χ2n) is 8.66. The Morgan fingerprint density at radius 1 is 1.12 bits per heavy atom. The van der Waals surface area contributed by atoms with Crippen LogP contribution in [0.2, 0.25) is 5.02 Å². The summed E-state index contributed by atoms with van der Waals surface area (Å²) >= 11 is 6.00. The minimum absolute atomic E-state index is 0.00986. The van der Waals surface area contributed by atoms with Crippen LogP contribution in [0.15, 0.2) is 53.1 Å². The SMILES string of the molecule is C[C@@H](Oc1cccc(Cl)c1)C(=O)N1CCN(c2ccc(-c3noc(C4CCC4)n3)cc2)CC1. The number of aromatic nitrogens is 2. The molecule has 2 aliphatic rings. The molecule has 33 heavy (non-hydrogen) atoms. The van der Waals surface area contributed by atoms with Gasteiger partial charge in [-0.15, -0.1) is 0 Å². The number of benzene rings is 2. The van der Waals surface area contributed by atoms with Crippen LogP contribution in [-0.2, 0) is 4.79 Å². The number of amides is 1. The number of halogens is 1. The number of piperazine rings is 1. The molecular weight excluding hydrogens is 440 g/mol. The fourth-order valence-corrected chi connectivity index (χ4v) is 4.41. The van der Waals surface area contributed by atoms with Gasteiger partial charge < -0.3 is 19.1 Å². The first kappa shape index (κ1) is 21.8. The van der Waals surface area contributed by atoms with Gasteiger partial charge in [0.15, 0.2) is 6.10 Å². The zero-order valence-electron chi connectivity index (χ0n) is 18.6. The van der Waals surface area contributed by atoms with Gasteiger partial charge >= 0.3 is 0 Å². The van der Waals surface area contributed by atoms with Gasteiger partial charge in [-0.2, -0.15) is 4.98 Å². The van der Waals surface area contributed by atoms with Crippen molar-refractivity contribution in [2.45, 2.75) is 38.2 Å². The van der Waals surface area contributed by atoms with Crippen LogP contribution >= 0.6 is 11.6 Å². The van der Waals surface area contributed by atoms with Crippen molar-refractivity contribution in [1.29, 1.82) is 0 Å². The molecule has 1 atom stereocenters. The number of rotatable bonds is 6. The van der Waals surface area contributed by atoms with Gasteiger partial charge in [0.25, 0.3) is 5.91 Å². The van der Waals surface area contributed by atoms with Crippen LogP contribution in [0, 0.1) is 0 Å². The number of carbonyl (C=O) groups is 1. The monoisotopic (exact) mass is 466 g/mol. The zero-order valence-corrected chi connectivity index (χ0v) is 19.4. The molecule has 0 radical (unpaired) electrons. The zero-order chi connectivity index (χ0) is 22.8. The summed E-state index contributed by atoms with van der Waals surface area (Å²) in [5, 5.41) is 4.74. The third kappa shape index (κ3) is 4.83. The summed E-state index contributed by atoms with van der Waals surface area (Å²) < 4.78 is 11.2. The molecule has 5 rings (SSSR count). The topological polar surface area (TPSA) is 71.7 Å². The van der Waals surface area contributed by atoms with Crippen LogP contribution < -0.4 is 9.64 Å². The summed E-state index contributed by atoms with van der Waals surface area (Å²) in [7, 11) is 0. The van der Waals surface area contributed by atoms with Crippen molar-refractivity contribution in [2.75, 3.05) is 31.1 Å². The molecule has 1 aliphatic heterocycles. The molecular formula is C25H27ClN4O3. The molecule has 1 amide bonds. The maximum atomic E-state index is 12.8. The molecule has 172 valence electrons. The third-order valence-electron chi connectivity index (χ3n) is 6.43. The molecule has 2 heterocycles. The quantitative estimate of drug-likeness (QED) is 0.521. The third-order valence-corrected chi connectivity index (χ3v) is 6.67. The second kappa shape index (κ2) is 9.43. The van der Waals surface area contributed by atoms with Crippen molar-refractivity contribution in [3.63, 3.8) is 0 Å². The van der Waals surface area contributed by atoms with Gasteiger partial charge in [-0.1, -0.05) is 29.2 Å². The summed E-state index contributed by atoms with van der Waals surface area (Å²) in [4.78, 5) is 21.6. The molecule has 0 unspecified atom stereocenters. The van der Waals surface area contributed by atoms with E-state index >= 15 is 0 Å². The maximum Gasteiger partial charge on any atom is 0.263 e. The lowest BCUT2D eigenvalue weighted by molar-refractivity contribution is -0.138. The van der Waals surface area contributed by atoms with Crippen LogP contribution in [0.3, 0.4) is 0 Å². The fourth-order valence-electron chi connectivity index (χ4n) is 4.23. The standard InChI is InChI=1S/C25H27ClN4O3/c1-17(32-22-7-3-6-20(26)16-22)25(31)30-14-12-29(13-15-30)21-10-8-18(9-11-21)23-27-24(33-28-23)19-4-2-5-19/h3,6-11,16-17,19H,2,4-5,12-15H2,1H3/t17-/m1/s1. The van der Waals surface area contributed by atoms with Crippen molar-refractivity contribution in [1.82, 2.24) is 15.0 Å². The van der Waals surface area contributed by atoms with Crippen LogP contribution in [0.5, 0.6) is 5.75 Å². The van der Waals surface area contributed by atoms with Crippen molar-refractivity contribution in [2.24, 2.45) is 0 Å². The van der Waals surface area contributed by atoms with Crippen LogP contribution in [0.25, 0.3) is 11.4 Å². The van der Waals surface area contributed by atoms with E-state index < -0.39 is 6.10 Å². The minimum atomic E-state index is -0.561. The molecule has 3 aromatic rings. The summed E-state index contributed by atoms with van der Waals surface area (Å²) in [6, 6.07) is 15.3.